The quantitative estimate of drug-likeness (QED) is 0.743. The van der Waals surface area contributed by atoms with E-state index in [1.54, 1.807) is 0 Å². The van der Waals surface area contributed by atoms with Crippen molar-refractivity contribution < 1.29 is 5.11 Å². The molecule has 2 rings (SSSR count). The highest BCUT2D eigenvalue weighted by atomic mass is 16.3. The predicted octanol–water partition coefficient (Wildman–Crippen LogP) is 2.25. The lowest BCUT2D eigenvalue weighted by molar-refractivity contribution is 0.182. The zero-order valence-corrected chi connectivity index (χ0v) is 12.6. The van der Waals surface area contributed by atoms with Crippen LogP contribution in [0.15, 0.2) is 0 Å². The summed E-state index contributed by atoms with van der Waals surface area (Å²) in [7, 11) is 0. The van der Waals surface area contributed by atoms with Crippen LogP contribution in [-0.2, 0) is 0 Å². The molecule has 1 saturated carbocycles. The summed E-state index contributed by atoms with van der Waals surface area (Å²) in [5.41, 5.74) is 0. The number of likely N-dealkylation sites (tertiary alicyclic amines) is 1. The van der Waals surface area contributed by atoms with E-state index in [-0.39, 0.29) is 0 Å². The van der Waals surface area contributed by atoms with Crippen LogP contribution < -0.4 is 5.32 Å². The van der Waals surface area contributed by atoms with E-state index < -0.39 is 0 Å². The number of nitrogens with zero attached hydrogens (tertiary/aromatic N) is 1. The van der Waals surface area contributed by atoms with Crippen molar-refractivity contribution in [3.05, 3.63) is 0 Å². The highest BCUT2D eigenvalue weighted by molar-refractivity contribution is 4.85. The highest BCUT2D eigenvalue weighted by Crippen LogP contribution is 2.28. The van der Waals surface area contributed by atoms with Crippen molar-refractivity contribution in [2.45, 2.75) is 57.9 Å². The number of nitrogens with one attached hydrogen (secondary N) is 1. The smallest absolute Gasteiger partial charge is 0.0434 e. The zero-order valence-electron chi connectivity index (χ0n) is 12.6. The van der Waals surface area contributed by atoms with Gasteiger partial charge in [0.05, 0.1) is 0 Å². The molecule has 0 spiro atoms. The van der Waals surface area contributed by atoms with Crippen LogP contribution in [0.25, 0.3) is 0 Å². The maximum absolute atomic E-state index is 9.04. The molecule has 1 heterocycles. The third-order valence-corrected chi connectivity index (χ3v) is 4.97. The van der Waals surface area contributed by atoms with Crippen LogP contribution in [0.1, 0.15) is 51.9 Å². The first-order chi connectivity index (χ1) is 9.33. The van der Waals surface area contributed by atoms with E-state index in [2.05, 4.69) is 17.1 Å². The minimum atomic E-state index is 0.364. The summed E-state index contributed by atoms with van der Waals surface area (Å²) in [6.45, 7) is 7.55. The second-order valence-electron chi connectivity index (χ2n) is 6.53. The van der Waals surface area contributed by atoms with Gasteiger partial charge in [-0.2, -0.15) is 0 Å². The van der Waals surface area contributed by atoms with Crippen LogP contribution >= 0.6 is 0 Å². The first-order valence-corrected chi connectivity index (χ1v) is 8.40. The van der Waals surface area contributed by atoms with E-state index in [1.165, 1.54) is 64.7 Å². The Balaban J connectivity index is 1.76. The summed E-state index contributed by atoms with van der Waals surface area (Å²) in [5, 5.41) is 12.8. The Kier molecular flexibility index (Phi) is 6.62. The van der Waals surface area contributed by atoms with E-state index in [1.807, 2.05) is 0 Å². The summed E-state index contributed by atoms with van der Waals surface area (Å²) < 4.78 is 0. The van der Waals surface area contributed by atoms with Gasteiger partial charge in [-0.1, -0.05) is 19.8 Å². The molecule has 3 unspecified atom stereocenters. The van der Waals surface area contributed by atoms with Crippen molar-refractivity contribution in [2.75, 3.05) is 32.8 Å². The van der Waals surface area contributed by atoms with Gasteiger partial charge in [-0.25, -0.2) is 0 Å². The van der Waals surface area contributed by atoms with Gasteiger partial charge in [0, 0.05) is 25.7 Å². The van der Waals surface area contributed by atoms with E-state index in [0.717, 1.165) is 24.3 Å². The van der Waals surface area contributed by atoms with Gasteiger partial charge >= 0.3 is 0 Å². The topological polar surface area (TPSA) is 35.5 Å². The zero-order chi connectivity index (χ0) is 13.5. The van der Waals surface area contributed by atoms with Gasteiger partial charge < -0.3 is 15.3 Å². The van der Waals surface area contributed by atoms with Crippen molar-refractivity contribution in [3.63, 3.8) is 0 Å². The molecule has 0 aromatic rings. The second-order valence-corrected chi connectivity index (χ2v) is 6.53. The number of aliphatic hydroxyl groups excluding tert-OH is 1. The van der Waals surface area contributed by atoms with Crippen LogP contribution in [0.2, 0.25) is 0 Å². The largest absolute Gasteiger partial charge is 0.396 e. The number of rotatable bonds is 7. The van der Waals surface area contributed by atoms with E-state index >= 15 is 0 Å². The lowest BCUT2D eigenvalue weighted by Crippen LogP contribution is -2.44. The molecule has 2 fully saturated rings. The summed E-state index contributed by atoms with van der Waals surface area (Å²) in [6.07, 6.45) is 9.14. The fourth-order valence-electron chi connectivity index (χ4n) is 3.85. The molecule has 0 radical (unpaired) electrons. The number of hydrogen-bond donors (Lipinski definition) is 2. The second kappa shape index (κ2) is 8.23. The Labute approximate surface area is 118 Å². The van der Waals surface area contributed by atoms with Crippen molar-refractivity contribution in [1.82, 2.24) is 10.2 Å². The van der Waals surface area contributed by atoms with Gasteiger partial charge in [0.1, 0.15) is 0 Å². The molecule has 3 atom stereocenters. The van der Waals surface area contributed by atoms with Gasteiger partial charge in [-0.05, 0) is 57.0 Å². The molecule has 0 aromatic carbocycles. The molecule has 112 valence electrons. The number of hydrogen-bond acceptors (Lipinski definition) is 3. The van der Waals surface area contributed by atoms with E-state index in [9.17, 15) is 0 Å². The van der Waals surface area contributed by atoms with Crippen LogP contribution in [0.4, 0.5) is 0 Å². The van der Waals surface area contributed by atoms with Gasteiger partial charge in [0.15, 0.2) is 0 Å². The fourth-order valence-corrected chi connectivity index (χ4v) is 3.85. The molecular weight excluding hydrogens is 236 g/mol. The maximum Gasteiger partial charge on any atom is 0.0434 e. The van der Waals surface area contributed by atoms with Crippen molar-refractivity contribution in [3.8, 4) is 0 Å². The van der Waals surface area contributed by atoms with E-state index in [0.29, 0.717) is 6.61 Å². The molecule has 1 saturated heterocycles. The first kappa shape index (κ1) is 15.3. The first-order valence-electron chi connectivity index (χ1n) is 8.40. The van der Waals surface area contributed by atoms with Crippen molar-refractivity contribution in [1.29, 1.82) is 0 Å². The average Bonchev–Trinajstić information content (AvgIpc) is 2.86. The van der Waals surface area contributed by atoms with Crippen LogP contribution in [0, 0.1) is 11.8 Å². The third-order valence-electron chi connectivity index (χ3n) is 4.97. The molecule has 2 aliphatic rings. The molecule has 0 bridgehead atoms. The van der Waals surface area contributed by atoms with Gasteiger partial charge in [-0.15, -0.1) is 0 Å². The molecule has 1 aliphatic heterocycles. The molecule has 2 N–H and O–H groups in total. The lowest BCUT2D eigenvalue weighted by Gasteiger charge is -2.35. The van der Waals surface area contributed by atoms with Gasteiger partial charge in [0.2, 0.25) is 0 Å². The standard InChI is InChI=1S/C16H32N2O/c1-2-9-17-16-6-4-3-5-15(16)13-18-10-7-14(12-18)8-11-19/h14-17,19H,2-13H2,1H3. The third kappa shape index (κ3) is 4.73. The molecule has 0 aromatic heterocycles. The summed E-state index contributed by atoms with van der Waals surface area (Å²) in [4.78, 5) is 2.65. The molecule has 19 heavy (non-hydrogen) atoms. The Morgan fingerprint density at radius 3 is 2.84 bits per heavy atom. The fraction of sp³-hybridized carbons (Fsp3) is 1.00. The van der Waals surface area contributed by atoms with Crippen molar-refractivity contribution in [2.24, 2.45) is 11.8 Å². The highest BCUT2D eigenvalue weighted by Gasteiger charge is 2.29. The van der Waals surface area contributed by atoms with E-state index in [4.69, 9.17) is 5.11 Å². The Morgan fingerprint density at radius 2 is 2.05 bits per heavy atom. The molecule has 3 nitrogen and oxygen atoms in total. The Hall–Kier alpha value is -0.120. The molecule has 0 amide bonds. The van der Waals surface area contributed by atoms with Gasteiger partial charge in [0.25, 0.3) is 0 Å². The minimum absolute atomic E-state index is 0.364. The Morgan fingerprint density at radius 1 is 1.21 bits per heavy atom. The minimum Gasteiger partial charge on any atom is -0.396 e. The molecule has 3 heteroatoms. The number of aliphatic hydroxyl groups is 1. The average molecular weight is 268 g/mol. The van der Waals surface area contributed by atoms with Crippen LogP contribution in [0.3, 0.4) is 0 Å². The van der Waals surface area contributed by atoms with Crippen LogP contribution in [0.5, 0.6) is 0 Å². The van der Waals surface area contributed by atoms with Gasteiger partial charge in [-0.3, -0.25) is 0 Å². The Bertz CT molecular complexity index is 247. The predicted molar refractivity (Wildman–Crippen MR) is 80.3 cm³/mol. The van der Waals surface area contributed by atoms with Crippen molar-refractivity contribution >= 4 is 0 Å². The maximum atomic E-state index is 9.04. The van der Waals surface area contributed by atoms with Crippen LogP contribution in [-0.4, -0.2) is 48.8 Å². The summed E-state index contributed by atoms with van der Waals surface area (Å²) >= 11 is 0. The normalized spacial score (nSPS) is 32.8. The lowest BCUT2D eigenvalue weighted by atomic mass is 9.84. The molecule has 1 aliphatic carbocycles. The summed E-state index contributed by atoms with van der Waals surface area (Å²) in [6, 6.07) is 0.755. The SMILES string of the molecule is CCCNC1CCCCC1CN1CCC(CCO)C1. The summed E-state index contributed by atoms with van der Waals surface area (Å²) in [5.74, 6) is 1.60. The molecular formula is C16H32N2O. The monoisotopic (exact) mass is 268 g/mol.